The molecule has 0 aliphatic carbocycles. The van der Waals surface area contributed by atoms with E-state index in [0.717, 1.165) is 43.5 Å². The van der Waals surface area contributed by atoms with Crippen molar-refractivity contribution in [2.24, 2.45) is 11.7 Å². The van der Waals surface area contributed by atoms with Gasteiger partial charge in [-0.1, -0.05) is 66.6 Å². The third-order valence-electron chi connectivity index (χ3n) is 9.83. The van der Waals surface area contributed by atoms with E-state index < -0.39 is 12.0 Å². The van der Waals surface area contributed by atoms with Crippen LogP contribution in [-0.4, -0.2) is 65.7 Å². The largest absolute Gasteiger partial charge is 0.434 e. The van der Waals surface area contributed by atoms with E-state index in [1.165, 1.54) is 5.56 Å². The molecule has 49 heavy (non-hydrogen) atoms. The molecule has 2 fully saturated rings. The lowest BCUT2D eigenvalue weighted by Crippen LogP contribution is -2.42. The molecule has 3 N–H and O–H groups in total. The SMILES string of the molecule is NCCCC[C@H](CC(=O)[C@@H]1C[C@@H](OCc2ccc(Cl)cc2)CN1C(=O)Cc1ccc(C2CCNCC2)cc1)C(=O)c1nc2ccccc2o1. The fourth-order valence-electron chi connectivity index (χ4n) is 7.02. The van der Waals surface area contributed by atoms with Gasteiger partial charge in [-0.3, -0.25) is 14.4 Å². The normalized spacial score (nSPS) is 18.9. The number of piperidine rings is 1. The molecule has 1 aromatic heterocycles. The highest BCUT2D eigenvalue weighted by Gasteiger charge is 2.41. The van der Waals surface area contributed by atoms with Crippen LogP contribution in [0.5, 0.6) is 0 Å². The lowest BCUT2D eigenvalue weighted by molar-refractivity contribution is -0.137. The van der Waals surface area contributed by atoms with E-state index in [9.17, 15) is 14.4 Å². The van der Waals surface area contributed by atoms with Gasteiger partial charge >= 0.3 is 0 Å². The Balaban J connectivity index is 1.18. The molecule has 2 aliphatic heterocycles. The molecule has 2 aliphatic rings. The first-order chi connectivity index (χ1) is 23.9. The van der Waals surface area contributed by atoms with Gasteiger partial charge < -0.3 is 25.1 Å². The number of likely N-dealkylation sites (tertiary alicyclic amines) is 1. The number of nitrogens with zero attached hydrogens (tertiary/aromatic N) is 2. The average molecular weight is 685 g/mol. The Labute approximate surface area is 292 Å². The smallest absolute Gasteiger partial charge is 0.264 e. The van der Waals surface area contributed by atoms with Gasteiger partial charge in [-0.25, -0.2) is 4.98 Å². The molecule has 0 unspecified atom stereocenters. The van der Waals surface area contributed by atoms with Gasteiger partial charge in [0, 0.05) is 30.3 Å². The number of benzene rings is 3. The van der Waals surface area contributed by atoms with Crippen LogP contribution in [0.1, 0.15) is 78.2 Å². The number of halogens is 1. The zero-order valence-corrected chi connectivity index (χ0v) is 28.6. The third kappa shape index (κ3) is 9.02. The Morgan fingerprint density at radius 2 is 1.71 bits per heavy atom. The first-order valence-corrected chi connectivity index (χ1v) is 17.8. The van der Waals surface area contributed by atoms with E-state index >= 15 is 0 Å². The third-order valence-corrected chi connectivity index (χ3v) is 10.1. The fraction of sp³-hybridized carbons (Fsp3) is 0.436. The summed E-state index contributed by atoms with van der Waals surface area (Å²) < 4.78 is 12.1. The molecule has 10 heteroatoms. The maximum atomic E-state index is 14.1. The first-order valence-electron chi connectivity index (χ1n) is 17.5. The number of para-hydroxylation sites is 2. The van der Waals surface area contributed by atoms with Gasteiger partial charge in [-0.05, 0) is 92.2 Å². The van der Waals surface area contributed by atoms with Crippen LogP contribution >= 0.6 is 11.6 Å². The van der Waals surface area contributed by atoms with Crippen molar-refractivity contribution in [1.29, 1.82) is 0 Å². The molecule has 0 spiro atoms. The summed E-state index contributed by atoms with van der Waals surface area (Å²) in [7, 11) is 0. The predicted octanol–water partition coefficient (Wildman–Crippen LogP) is 6.26. The van der Waals surface area contributed by atoms with Crippen LogP contribution in [0.2, 0.25) is 5.02 Å². The number of hydrogen-bond donors (Lipinski definition) is 2. The number of ketones is 2. The summed E-state index contributed by atoms with van der Waals surface area (Å²) >= 11 is 6.06. The van der Waals surface area contributed by atoms with Crippen molar-refractivity contribution in [2.75, 3.05) is 26.2 Å². The van der Waals surface area contributed by atoms with E-state index in [1.807, 2.05) is 48.5 Å². The van der Waals surface area contributed by atoms with Crippen LogP contribution in [0, 0.1) is 5.92 Å². The Morgan fingerprint density at radius 3 is 2.45 bits per heavy atom. The zero-order valence-electron chi connectivity index (χ0n) is 27.8. The number of nitrogens with one attached hydrogen (secondary N) is 1. The highest BCUT2D eigenvalue weighted by Crippen LogP contribution is 2.30. The molecule has 6 rings (SSSR count). The van der Waals surface area contributed by atoms with E-state index in [0.29, 0.717) is 61.0 Å². The quantitative estimate of drug-likeness (QED) is 0.111. The summed E-state index contributed by atoms with van der Waals surface area (Å²) in [6.07, 6.45) is 4.29. The molecule has 3 atom stereocenters. The van der Waals surface area contributed by atoms with E-state index in [4.69, 9.17) is 26.5 Å². The molecule has 2 saturated heterocycles. The number of rotatable bonds is 15. The van der Waals surface area contributed by atoms with Gasteiger partial charge in [0.2, 0.25) is 11.7 Å². The van der Waals surface area contributed by atoms with Crippen LogP contribution in [-0.2, 0) is 27.4 Å². The summed E-state index contributed by atoms with van der Waals surface area (Å²) in [6.45, 7) is 3.16. The number of carbonyl (C=O) groups excluding carboxylic acids is 3. The van der Waals surface area contributed by atoms with Crippen LogP contribution in [0.3, 0.4) is 0 Å². The summed E-state index contributed by atoms with van der Waals surface area (Å²) in [4.78, 5) is 47.9. The van der Waals surface area contributed by atoms with Crippen LogP contribution in [0.25, 0.3) is 11.1 Å². The number of nitrogens with two attached hydrogens (primary N) is 1. The van der Waals surface area contributed by atoms with Gasteiger partial charge in [-0.2, -0.15) is 0 Å². The number of hydrogen-bond acceptors (Lipinski definition) is 8. The van der Waals surface area contributed by atoms with E-state index in [1.54, 1.807) is 17.0 Å². The minimum atomic E-state index is -0.704. The predicted molar refractivity (Wildman–Crippen MR) is 189 cm³/mol. The van der Waals surface area contributed by atoms with E-state index in [2.05, 4.69) is 22.4 Å². The van der Waals surface area contributed by atoms with Crippen molar-refractivity contribution < 1.29 is 23.5 Å². The highest BCUT2D eigenvalue weighted by atomic mass is 35.5. The summed E-state index contributed by atoms with van der Waals surface area (Å²) in [5.41, 5.74) is 10.0. The van der Waals surface area contributed by atoms with Crippen LogP contribution in [0.4, 0.5) is 0 Å². The summed E-state index contributed by atoms with van der Waals surface area (Å²) in [6, 6.07) is 22.3. The Hall–Kier alpha value is -3.89. The van der Waals surface area contributed by atoms with Gasteiger partial charge in [0.1, 0.15) is 5.52 Å². The number of aromatic nitrogens is 1. The molecular weight excluding hydrogens is 640 g/mol. The number of ether oxygens (including phenoxy) is 1. The molecule has 4 aromatic rings. The van der Waals surface area contributed by atoms with E-state index in [-0.39, 0.29) is 42.3 Å². The lowest BCUT2D eigenvalue weighted by atomic mass is 9.89. The number of Topliss-reactive ketones (excluding diaryl/α,β-unsaturated/α-hetero) is 2. The second-order valence-electron chi connectivity index (χ2n) is 13.3. The number of carbonyl (C=O) groups is 3. The molecule has 9 nitrogen and oxygen atoms in total. The Bertz CT molecular complexity index is 1680. The monoisotopic (exact) mass is 684 g/mol. The lowest BCUT2D eigenvalue weighted by Gasteiger charge is -2.25. The van der Waals surface area contributed by atoms with Crippen molar-refractivity contribution in [3.05, 3.63) is 100 Å². The molecule has 0 bridgehead atoms. The van der Waals surface area contributed by atoms with Gasteiger partial charge in [0.25, 0.3) is 5.89 Å². The topological polar surface area (TPSA) is 128 Å². The number of oxazole rings is 1. The number of amides is 1. The van der Waals surface area contributed by atoms with Crippen molar-refractivity contribution in [1.82, 2.24) is 15.2 Å². The molecular formula is C39H45ClN4O5. The van der Waals surface area contributed by atoms with Crippen LogP contribution < -0.4 is 11.1 Å². The maximum absolute atomic E-state index is 14.1. The molecule has 3 aromatic carbocycles. The molecule has 0 saturated carbocycles. The Kier molecular flexibility index (Phi) is 11.9. The maximum Gasteiger partial charge on any atom is 0.264 e. The Morgan fingerprint density at radius 1 is 0.980 bits per heavy atom. The minimum Gasteiger partial charge on any atom is -0.434 e. The van der Waals surface area contributed by atoms with Crippen molar-refractivity contribution in [3.63, 3.8) is 0 Å². The van der Waals surface area contributed by atoms with Gasteiger partial charge in [-0.15, -0.1) is 0 Å². The summed E-state index contributed by atoms with van der Waals surface area (Å²) in [5, 5.41) is 4.05. The molecule has 258 valence electrons. The fourth-order valence-corrected chi connectivity index (χ4v) is 7.15. The number of unbranched alkanes of at least 4 members (excludes halogenated alkanes) is 1. The average Bonchev–Trinajstić information content (AvgIpc) is 3.77. The van der Waals surface area contributed by atoms with Crippen LogP contribution in [0.15, 0.2) is 77.2 Å². The standard InChI is InChI=1S/C39H45ClN4O5/c40-31-14-10-27(11-15-31)25-48-32-23-34(44(24-32)37(46)21-26-8-12-28(13-9-26)29-16-19-42-20-17-29)35(45)22-30(5-3-4-18-41)38(47)39-43-33-6-1-2-7-36(33)49-39/h1-2,6-15,29-30,32,34,42H,3-5,16-25,41H2/t30-,32-,34+/m1/s1. The van der Waals surface area contributed by atoms with Crippen molar-refractivity contribution >= 4 is 40.2 Å². The van der Waals surface area contributed by atoms with Gasteiger partial charge in [0.05, 0.1) is 25.2 Å². The minimum absolute atomic E-state index is 0.00298. The second-order valence-corrected chi connectivity index (χ2v) is 13.7. The first kappa shape index (κ1) is 35.0. The molecule has 1 amide bonds. The zero-order chi connectivity index (χ0) is 34.2. The van der Waals surface area contributed by atoms with Crippen molar-refractivity contribution in [2.45, 2.75) is 76.0 Å². The highest BCUT2D eigenvalue weighted by molar-refractivity contribution is 6.30. The molecule has 0 radical (unpaired) electrons. The van der Waals surface area contributed by atoms with Crippen molar-refractivity contribution in [3.8, 4) is 0 Å². The second kappa shape index (κ2) is 16.7. The molecule has 3 heterocycles. The van der Waals surface area contributed by atoms with Gasteiger partial charge in [0.15, 0.2) is 11.4 Å². The summed E-state index contributed by atoms with van der Waals surface area (Å²) in [5.74, 6) is -0.698. The number of fused-ring (bicyclic) bond motifs is 1.